The van der Waals surface area contributed by atoms with Crippen molar-refractivity contribution in [3.63, 3.8) is 0 Å². The van der Waals surface area contributed by atoms with Gasteiger partial charge < -0.3 is 5.32 Å². The molecule has 2 heterocycles. The van der Waals surface area contributed by atoms with Gasteiger partial charge in [0.25, 0.3) is 0 Å². The number of hydrogen-bond acceptors (Lipinski definition) is 3. The molecular formula is C16H20N2S. The third-order valence-corrected chi connectivity index (χ3v) is 5.27. The van der Waals surface area contributed by atoms with Gasteiger partial charge in [0.05, 0.1) is 0 Å². The molecule has 1 saturated heterocycles. The highest BCUT2D eigenvalue weighted by Crippen LogP contribution is 2.35. The fourth-order valence-electron chi connectivity index (χ4n) is 2.82. The first-order valence-electron chi connectivity index (χ1n) is 6.81. The van der Waals surface area contributed by atoms with Crippen molar-refractivity contribution in [1.29, 1.82) is 0 Å². The summed E-state index contributed by atoms with van der Waals surface area (Å²) in [5, 5.41) is 6.20. The number of nitrogens with zero attached hydrogens (tertiary/aromatic N) is 1. The number of nitrogens with one attached hydrogen (secondary N) is 1. The second kappa shape index (κ2) is 5.04. The zero-order valence-corrected chi connectivity index (χ0v) is 12.3. The van der Waals surface area contributed by atoms with Crippen LogP contribution in [0.5, 0.6) is 0 Å². The highest BCUT2D eigenvalue weighted by atomic mass is 32.2. The Bertz CT molecular complexity index is 574. The van der Waals surface area contributed by atoms with Crippen molar-refractivity contribution >= 4 is 28.2 Å². The molecule has 1 unspecified atom stereocenters. The van der Waals surface area contributed by atoms with Gasteiger partial charge in [0.15, 0.2) is 0 Å². The number of aromatic nitrogens is 1. The van der Waals surface area contributed by atoms with E-state index in [2.05, 4.69) is 60.2 Å². The molecule has 1 atom stereocenters. The van der Waals surface area contributed by atoms with Gasteiger partial charge in [-0.2, -0.15) is 11.8 Å². The van der Waals surface area contributed by atoms with Crippen LogP contribution in [0.2, 0.25) is 0 Å². The molecule has 2 aromatic rings. The van der Waals surface area contributed by atoms with E-state index in [1.54, 1.807) is 0 Å². The predicted molar refractivity (Wildman–Crippen MR) is 84.9 cm³/mol. The van der Waals surface area contributed by atoms with Crippen molar-refractivity contribution < 1.29 is 0 Å². The summed E-state index contributed by atoms with van der Waals surface area (Å²) in [6, 6.07) is 9.06. The van der Waals surface area contributed by atoms with Crippen molar-refractivity contribution in [2.45, 2.75) is 26.3 Å². The van der Waals surface area contributed by atoms with Gasteiger partial charge in [-0.05, 0) is 29.7 Å². The van der Waals surface area contributed by atoms with Crippen LogP contribution in [0.3, 0.4) is 0 Å². The molecule has 0 saturated carbocycles. The van der Waals surface area contributed by atoms with Crippen molar-refractivity contribution in [1.82, 2.24) is 4.98 Å². The summed E-state index contributed by atoms with van der Waals surface area (Å²) in [4.78, 5) is 4.19. The van der Waals surface area contributed by atoms with E-state index < -0.39 is 0 Å². The van der Waals surface area contributed by atoms with E-state index in [0.717, 1.165) is 0 Å². The molecule has 1 aromatic heterocycles. The minimum absolute atomic E-state index is 0.437. The Morgan fingerprint density at radius 2 is 2.21 bits per heavy atom. The largest absolute Gasteiger partial charge is 0.381 e. The van der Waals surface area contributed by atoms with Gasteiger partial charge in [-0.15, -0.1) is 0 Å². The summed E-state index contributed by atoms with van der Waals surface area (Å²) >= 11 is 2.06. The van der Waals surface area contributed by atoms with Crippen LogP contribution in [0, 0.1) is 5.41 Å². The summed E-state index contributed by atoms with van der Waals surface area (Å²) in [6.45, 7) is 4.72. The summed E-state index contributed by atoms with van der Waals surface area (Å²) < 4.78 is 0. The molecule has 1 aromatic carbocycles. The van der Waals surface area contributed by atoms with E-state index in [0.29, 0.717) is 11.5 Å². The van der Waals surface area contributed by atoms with Crippen LogP contribution < -0.4 is 5.32 Å². The molecular weight excluding hydrogens is 252 g/mol. The van der Waals surface area contributed by atoms with Gasteiger partial charge in [-0.3, -0.25) is 4.98 Å². The Hall–Kier alpha value is -1.22. The normalized spacial score (nSPS) is 22.3. The minimum atomic E-state index is 0.437. The summed E-state index contributed by atoms with van der Waals surface area (Å²) in [5.74, 6) is 2.47. The van der Waals surface area contributed by atoms with Gasteiger partial charge in [0, 0.05) is 40.6 Å². The van der Waals surface area contributed by atoms with Gasteiger partial charge in [-0.1, -0.05) is 26.0 Å². The highest BCUT2D eigenvalue weighted by Gasteiger charge is 2.28. The predicted octanol–water partition coefficient (Wildman–Crippen LogP) is 4.18. The fraction of sp³-hybridized carbons (Fsp3) is 0.438. The number of anilines is 1. The van der Waals surface area contributed by atoms with E-state index in [-0.39, 0.29) is 0 Å². The molecule has 3 heteroatoms. The monoisotopic (exact) mass is 272 g/mol. The molecule has 2 nitrogen and oxygen atoms in total. The lowest BCUT2D eigenvalue weighted by atomic mass is 9.87. The fourth-order valence-corrected chi connectivity index (χ4v) is 4.10. The molecule has 0 aliphatic carbocycles. The average molecular weight is 272 g/mol. The van der Waals surface area contributed by atoms with E-state index in [9.17, 15) is 0 Å². The first kappa shape index (κ1) is 12.8. The van der Waals surface area contributed by atoms with Crippen molar-refractivity contribution in [3.8, 4) is 0 Å². The molecule has 1 N–H and O–H groups in total. The molecule has 1 aliphatic rings. The number of rotatable bonds is 2. The molecule has 0 amide bonds. The molecule has 3 rings (SSSR count). The molecule has 19 heavy (non-hydrogen) atoms. The lowest BCUT2D eigenvalue weighted by Gasteiger charge is -2.35. The van der Waals surface area contributed by atoms with Crippen LogP contribution in [-0.4, -0.2) is 22.5 Å². The number of hydrogen-bond donors (Lipinski definition) is 1. The quantitative estimate of drug-likeness (QED) is 0.888. The molecule has 100 valence electrons. The maximum Gasteiger partial charge on any atom is 0.0423 e. The third-order valence-electron chi connectivity index (χ3n) is 3.65. The van der Waals surface area contributed by atoms with Gasteiger partial charge in [0.1, 0.15) is 0 Å². The smallest absolute Gasteiger partial charge is 0.0423 e. The summed E-state index contributed by atoms with van der Waals surface area (Å²) in [6.07, 6.45) is 5.04. The summed E-state index contributed by atoms with van der Waals surface area (Å²) in [7, 11) is 0. The molecule has 1 fully saturated rings. The Morgan fingerprint density at radius 1 is 1.32 bits per heavy atom. The first-order valence-corrected chi connectivity index (χ1v) is 7.97. The zero-order chi connectivity index (χ0) is 13.3. The van der Waals surface area contributed by atoms with Gasteiger partial charge in [-0.25, -0.2) is 0 Å². The molecule has 1 aliphatic heterocycles. The van der Waals surface area contributed by atoms with Crippen LogP contribution in [0.4, 0.5) is 5.69 Å². The van der Waals surface area contributed by atoms with E-state index >= 15 is 0 Å². The van der Waals surface area contributed by atoms with Crippen molar-refractivity contribution in [3.05, 3.63) is 36.7 Å². The number of fused-ring (bicyclic) bond motifs is 1. The van der Waals surface area contributed by atoms with E-state index in [1.807, 2.05) is 12.4 Å². The van der Waals surface area contributed by atoms with Gasteiger partial charge in [0.2, 0.25) is 0 Å². The maximum absolute atomic E-state index is 4.19. The lowest BCUT2D eigenvalue weighted by Crippen LogP contribution is -2.35. The van der Waals surface area contributed by atoms with Crippen molar-refractivity contribution in [2.24, 2.45) is 5.41 Å². The van der Waals surface area contributed by atoms with Crippen LogP contribution >= 0.6 is 11.8 Å². The SMILES string of the molecule is CC1(C)CSCC(Nc2cccc3cnccc23)C1. The second-order valence-electron chi connectivity index (χ2n) is 6.13. The van der Waals surface area contributed by atoms with Crippen LogP contribution in [-0.2, 0) is 0 Å². The number of thioether (sulfide) groups is 1. The Labute approximate surface area is 119 Å². The first-order chi connectivity index (χ1) is 9.14. The average Bonchev–Trinajstić information content (AvgIpc) is 2.38. The maximum atomic E-state index is 4.19. The Morgan fingerprint density at radius 3 is 3.05 bits per heavy atom. The highest BCUT2D eigenvalue weighted by molar-refractivity contribution is 7.99. The molecule has 0 radical (unpaired) electrons. The van der Waals surface area contributed by atoms with Crippen molar-refractivity contribution in [2.75, 3.05) is 16.8 Å². The summed E-state index contributed by atoms with van der Waals surface area (Å²) in [5.41, 5.74) is 1.68. The van der Waals surface area contributed by atoms with Gasteiger partial charge >= 0.3 is 0 Å². The third kappa shape index (κ3) is 2.86. The van der Waals surface area contributed by atoms with E-state index in [1.165, 1.54) is 34.4 Å². The Kier molecular flexibility index (Phi) is 3.40. The van der Waals surface area contributed by atoms with Crippen LogP contribution in [0.25, 0.3) is 10.8 Å². The zero-order valence-electron chi connectivity index (χ0n) is 11.5. The lowest BCUT2D eigenvalue weighted by molar-refractivity contribution is 0.358. The Balaban J connectivity index is 1.85. The molecule has 0 spiro atoms. The second-order valence-corrected chi connectivity index (χ2v) is 7.16. The molecule has 0 bridgehead atoms. The number of pyridine rings is 1. The topological polar surface area (TPSA) is 24.9 Å². The van der Waals surface area contributed by atoms with Crippen LogP contribution in [0.15, 0.2) is 36.7 Å². The standard InChI is InChI=1S/C16H20N2S/c1-16(2)8-13(10-19-11-16)18-15-5-3-4-12-9-17-7-6-14(12)15/h3-7,9,13,18H,8,10-11H2,1-2H3. The van der Waals surface area contributed by atoms with E-state index in [4.69, 9.17) is 0 Å². The minimum Gasteiger partial charge on any atom is -0.381 e. The number of benzene rings is 1. The van der Waals surface area contributed by atoms with Crippen LogP contribution in [0.1, 0.15) is 20.3 Å².